The van der Waals surface area contributed by atoms with E-state index in [0.29, 0.717) is 12.2 Å². The van der Waals surface area contributed by atoms with Crippen LogP contribution in [0.15, 0.2) is 24.3 Å². The molecular weight excluding hydrogens is 242 g/mol. The number of nitrogen functional groups attached to an aromatic ring is 1. The van der Waals surface area contributed by atoms with E-state index >= 15 is 0 Å². The fraction of sp³-hybridized carbons (Fsp3) is 0.500. The lowest BCUT2D eigenvalue weighted by atomic mass is 9.93. The van der Waals surface area contributed by atoms with Crippen LogP contribution in [-0.4, -0.2) is 43.3 Å². The third-order valence-electron chi connectivity index (χ3n) is 3.93. The minimum absolute atomic E-state index is 0.284. The van der Waals surface area contributed by atoms with E-state index in [0.717, 1.165) is 31.6 Å². The number of hydrogen-bond donors (Lipinski definition) is 1. The molecule has 19 heavy (non-hydrogen) atoms. The molecule has 2 fully saturated rings. The summed E-state index contributed by atoms with van der Waals surface area (Å²) in [5.74, 6) is 0. The number of likely N-dealkylation sites (tertiary alicyclic amines) is 1. The number of ether oxygens (including phenoxy) is 1. The van der Waals surface area contributed by atoms with E-state index in [1.807, 2.05) is 18.2 Å². The number of hydrogen-bond acceptors (Lipinski definition) is 4. The second-order valence-electron chi connectivity index (χ2n) is 5.54. The number of rotatable bonds is 1. The molecule has 2 saturated heterocycles. The molecule has 1 amide bonds. The summed E-state index contributed by atoms with van der Waals surface area (Å²) in [6, 6.07) is 7.42. The Morgan fingerprint density at radius 2 is 2.11 bits per heavy atom. The Bertz CT molecular complexity index is 505. The first kappa shape index (κ1) is 12.3. The Morgan fingerprint density at radius 1 is 1.32 bits per heavy atom. The second kappa shape index (κ2) is 4.42. The normalized spacial score (nSPS) is 27.8. The van der Waals surface area contributed by atoms with Crippen molar-refractivity contribution in [3.8, 4) is 0 Å². The molecule has 2 aliphatic rings. The molecule has 1 aromatic carbocycles. The summed E-state index contributed by atoms with van der Waals surface area (Å²) in [5, 5.41) is 0. The molecule has 1 atom stereocenters. The zero-order valence-corrected chi connectivity index (χ0v) is 11.1. The Balaban J connectivity index is 1.86. The Labute approximate surface area is 112 Å². The highest BCUT2D eigenvalue weighted by Gasteiger charge is 2.47. The molecule has 0 aromatic heterocycles. The minimum atomic E-state index is -0.369. The lowest BCUT2D eigenvalue weighted by molar-refractivity contribution is -0.000384. The molecule has 2 aliphatic heterocycles. The molecular formula is C14H19N3O2. The van der Waals surface area contributed by atoms with Crippen LogP contribution in [0.3, 0.4) is 0 Å². The number of benzene rings is 1. The predicted octanol–water partition coefficient (Wildman–Crippen LogP) is 1.69. The van der Waals surface area contributed by atoms with E-state index in [1.165, 1.54) is 0 Å². The van der Waals surface area contributed by atoms with E-state index in [4.69, 9.17) is 10.5 Å². The standard InChI is InChI=1S/C14H19N3O2/c1-16-8-4-7-14(9-16)10-17(13(18)19-14)12-6-3-2-5-11(12)15/h2-3,5-6H,4,7-10,15H2,1H3. The summed E-state index contributed by atoms with van der Waals surface area (Å²) >= 11 is 0. The van der Waals surface area contributed by atoms with Crippen molar-refractivity contribution < 1.29 is 9.53 Å². The van der Waals surface area contributed by atoms with Crippen LogP contribution >= 0.6 is 0 Å². The van der Waals surface area contributed by atoms with E-state index < -0.39 is 0 Å². The van der Waals surface area contributed by atoms with Crippen LogP contribution in [0.25, 0.3) is 0 Å². The maximum absolute atomic E-state index is 12.1. The number of likely N-dealkylation sites (N-methyl/N-ethyl adjacent to an activating group) is 1. The highest BCUT2D eigenvalue weighted by atomic mass is 16.6. The van der Waals surface area contributed by atoms with Gasteiger partial charge in [0, 0.05) is 6.54 Å². The first-order valence-electron chi connectivity index (χ1n) is 6.63. The minimum Gasteiger partial charge on any atom is -0.439 e. The van der Waals surface area contributed by atoms with Gasteiger partial charge in [0.1, 0.15) is 5.60 Å². The molecule has 0 saturated carbocycles. The smallest absolute Gasteiger partial charge is 0.415 e. The molecule has 1 aromatic rings. The molecule has 0 aliphatic carbocycles. The molecule has 5 heteroatoms. The van der Waals surface area contributed by atoms with Crippen molar-refractivity contribution in [2.75, 3.05) is 37.3 Å². The van der Waals surface area contributed by atoms with Crippen LogP contribution in [0.1, 0.15) is 12.8 Å². The molecule has 5 nitrogen and oxygen atoms in total. The maximum Gasteiger partial charge on any atom is 0.415 e. The lowest BCUT2D eigenvalue weighted by Crippen LogP contribution is -2.49. The van der Waals surface area contributed by atoms with Gasteiger partial charge >= 0.3 is 6.09 Å². The number of nitrogens with two attached hydrogens (primary N) is 1. The van der Waals surface area contributed by atoms with Gasteiger partial charge in [-0.1, -0.05) is 12.1 Å². The van der Waals surface area contributed by atoms with E-state index in [2.05, 4.69) is 11.9 Å². The molecule has 1 unspecified atom stereocenters. The number of para-hydroxylation sites is 2. The van der Waals surface area contributed by atoms with Crippen molar-refractivity contribution in [2.24, 2.45) is 0 Å². The zero-order chi connectivity index (χ0) is 13.5. The zero-order valence-electron chi connectivity index (χ0n) is 11.1. The van der Waals surface area contributed by atoms with Crippen LogP contribution in [0.2, 0.25) is 0 Å². The van der Waals surface area contributed by atoms with E-state index in [-0.39, 0.29) is 11.7 Å². The summed E-state index contributed by atoms with van der Waals surface area (Å²) in [6.45, 7) is 2.44. The topological polar surface area (TPSA) is 58.8 Å². The van der Waals surface area contributed by atoms with E-state index in [1.54, 1.807) is 11.0 Å². The van der Waals surface area contributed by atoms with Gasteiger partial charge in [-0.15, -0.1) is 0 Å². The number of carbonyl (C=O) groups excluding carboxylic acids is 1. The Morgan fingerprint density at radius 3 is 2.84 bits per heavy atom. The van der Waals surface area contributed by atoms with Gasteiger partial charge < -0.3 is 15.4 Å². The van der Waals surface area contributed by atoms with Crippen LogP contribution in [-0.2, 0) is 4.74 Å². The van der Waals surface area contributed by atoms with Gasteiger partial charge in [0.2, 0.25) is 0 Å². The molecule has 3 rings (SSSR count). The van der Waals surface area contributed by atoms with Crippen molar-refractivity contribution in [1.29, 1.82) is 0 Å². The molecule has 0 bridgehead atoms. The van der Waals surface area contributed by atoms with Crippen molar-refractivity contribution in [2.45, 2.75) is 18.4 Å². The summed E-state index contributed by atoms with van der Waals surface area (Å²) in [5.41, 5.74) is 6.94. The molecule has 1 spiro atoms. The first-order chi connectivity index (χ1) is 9.10. The molecule has 102 valence electrons. The van der Waals surface area contributed by atoms with Gasteiger partial charge in [-0.25, -0.2) is 4.79 Å². The summed E-state index contributed by atoms with van der Waals surface area (Å²) in [6.07, 6.45) is 1.70. The maximum atomic E-state index is 12.1. The van der Waals surface area contributed by atoms with Crippen LogP contribution in [0, 0.1) is 0 Å². The average Bonchev–Trinajstić information content (AvgIpc) is 2.66. The molecule has 2 N–H and O–H groups in total. The number of piperidine rings is 1. The van der Waals surface area contributed by atoms with Crippen molar-refractivity contribution in [1.82, 2.24) is 4.90 Å². The molecule has 2 heterocycles. The third-order valence-corrected chi connectivity index (χ3v) is 3.93. The van der Waals surface area contributed by atoms with Gasteiger partial charge in [-0.2, -0.15) is 0 Å². The summed E-state index contributed by atoms with van der Waals surface area (Å²) in [4.78, 5) is 16.0. The monoisotopic (exact) mass is 261 g/mol. The average molecular weight is 261 g/mol. The fourth-order valence-electron chi connectivity index (χ4n) is 3.08. The van der Waals surface area contributed by atoms with Crippen LogP contribution < -0.4 is 10.6 Å². The van der Waals surface area contributed by atoms with Gasteiger partial charge in [0.25, 0.3) is 0 Å². The van der Waals surface area contributed by atoms with Gasteiger partial charge in [0.05, 0.1) is 17.9 Å². The second-order valence-corrected chi connectivity index (χ2v) is 5.54. The van der Waals surface area contributed by atoms with Gasteiger partial charge in [-0.05, 0) is 38.6 Å². The molecule has 0 radical (unpaired) electrons. The van der Waals surface area contributed by atoms with Crippen molar-refractivity contribution in [3.05, 3.63) is 24.3 Å². The summed E-state index contributed by atoms with van der Waals surface area (Å²) < 4.78 is 5.67. The van der Waals surface area contributed by atoms with Crippen LogP contribution in [0.5, 0.6) is 0 Å². The number of amides is 1. The fourth-order valence-corrected chi connectivity index (χ4v) is 3.08. The third kappa shape index (κ3) is 2.14. The van der Waals surface area contributed by atoms with E-state index in [9.17, 15) is 4.79 Å². The number of carbonyl (C=O) groups is 1. The Hall–Kier alpha value is -1.75. The summed E-state index contributed by atoms with van der Waals surface area (Å²) in [7, 11) is 2.06. The highest BCUT2D eigenvalue weighted by Crippen LogP contribution is 2.36. The van der Waals surface area contributed by atoms with Crippen molar-refractivity contribution >= 4 is 17.5 Å². The largest absolute Gasteiger partial charge is 0.439 e. The quantitative estimate of drug-likeness (QED) is 0.782. The predicted molar refractivity (Wildman–Crippen MR) is 74.1 cm³/mol. The lowest BCUT2D eigenvalue weighted by Gasteiger charge is -2.36. The highest BCUT2D eigenvalue weighted by molar-refractivity contribution is 5.93. The Kier molecular flexibility index (Phi) is 2.86. The SMILES string of the molecule is CN1CCCC2(C1)CN(c1ccccc1N)C(=O)O2. The van der Waals surface area contributed by atoms with Gasteiger partial charge in [0.15, 0.2) is 0 Å². The number of nitrogens with zero attached hydrogens (tertiary/aromatic N) is 2. The number of anilines is 2. The van der Waals surface area contributed by atoms with Gasteiger partial charge in [-0.3, -0.25) is 4.90 Å². The van der Waals surface area contributed by atoms with Crippen molar-refractivity contribution in [3.63, 3.8) is 0 Å². The van der Waals surface area contributed by atoms with Crippen LogP contribution in [0.4, 0.5) is 16.2 Å². The first-order valence-corrected chi connectivity index (χ1v) is 6.63.